The van der Waals surface area contributed by atoms with Crippen LogP contribution in [0.1, 0.15) is 5.56 Å². The largest absolute Gasteiger partial charge is 0.496 e. The molecule has 0 saturated carbocycles. The second-order valence-electron chi connectivity index (χ2n) is 3.37. The summed E-state index contributed by atoms with van der Waals surface area (Å²) in [5.74, 6) is 1.62. The predicted molar refractivity (Wildman–Crippen MR) is 62.7 cm³/mol. The number of anilines is 1. The van der Waals surface area contributed by atoms with Crippen molar-refractivity contribution in [3.63, 3.8) is 0 Å². The van der Waals surface area contributed by atoms with E-state index >= 15 is 0 Å². The minimum atomic E-state index is 0.372. The Kier molecular flexibility index (Phi) is 2.75. The zero-order chi connectivity index (χ0) is 11.7. The maximum absolute atomic E-state index is 5.93. The molecule has 0 spiro atoms. The number of hydrogen-bond acceptors (Lipinski definition) is 4. The van der Waals surface area contributed by atoms with Gasteiger partial charge in [0.05, 0.1) is 12.7 Å². The summed E-state index contributed by atoms with van der Waals surface area (Å²) in [7, 11) is 1.59. The Labute approximate surface area is 97.9 Å². The Morgan fingerprint density at radius 2 is 2.19 bits per heavy atom. The minimum absolute atomic E-state index is 0.372. The molecule has 2 aromatic rings. The molecule has 2 rings (SSSR count). The first-order valence-electron chi connectivity index (χ1n) is 4.69. The fraction of sp³-hybridized carbons (Fsp3) is 0.182. The van der Waals surface area contributed by atoms with Crippen molar-refractivity contribution in [1.82, 2.24) is 5.16 Å². The first-order chi connectivity index (χ1) is 7.63. The van der Waals surface area contributed by atoms with Crippen molar-refractivity contribution in [1.29, 1.82) is 0 Å². The summed E-state index contributed by atoms with van der Waals surface area (Å²) in [6.07, 6.45) is 0. The van der Waals surface area contributed by atoms with Crippen LogP contribution in [0.4, 0.5) is 5.82 Å². The van der Waals surface area contributed by atoms with Crippen molar-refractivity contribution in [3.05, 3.63) is 28.8 Å². The van der Waals surface area contributed by atoms with Crippen molar-refractivity contribution in [2.24, 2.45) is 0 Å². The molecular weight excluding hydrogens is 228 g/mol. The van der Waals surface area contributed by atoms with E-state index in [4.69, 9.17) is 26.6 Å². The van der Waals surface area contributed by atoms with E-state index in [1.807, 2.05) is 6.92 Å². The molecule has 0 aliphatic rings. The molecule has 2 N–H and O–H groups in total. The lowest BCUT2D eigenvalue weighted by atomic mass is 10.1. The van der Waals surface area contributed by atoms with Gasteiger partial charge in [0.2, 0.25) is 0 Å². The van der Waals surface area contributed by atoms with Gasteiger partial charge in [0, 0.05) is 10.6 Å². The third-order valence-corrected chi connectivity index (χ3v) is 2.60. The Balaban J connectivity index is 2.62. The Bertz CT molecular complexity index is 523. The molecule has 0 amide bonds. The monoisotopic (exact) mass is 238 g/mol. The minimum Gasteiger partial charge on any atom is -0.496 e. The van der Waals surface area contributed by atoms with E-state index in [1.54, 1.807) is 25.3 Å². The number of nitrogens with two attached hydrogens (primary N) is 1. The van der Waals surface area contributed by atoms with Crippen LogP contribution in [-0.4, -0.2) is 12.3 Å². The van der Waals surface area contributed by atoms with Crippen LogP contribution >= 0.6 is 11.6 Å². The molecule has 1 aromatic heterocycles. The molecule has 0 fully saturated rings. The van der Waals surface area contributed by atoms with Crippen LogP contribution in [0.5, 0.6) is 5.75 Å². The maximum atomic E-state index is 5.93. The zero-order valence-corrected chi connectivity index (χ0v) is 9.71. The molecule has 0 saturated heterocycles. The molecule has 0 aliphatic heterocycles. The fourth-order valence-corrected chi connectivity index (χ4v) is 1.63. The molecule has 16 heavy (non-hydrogen) atoms. The third-order valence-electron chi connectivity index (χ3n) is 2.37. The number of hydrogen-bond donors (Lipinski definition) is 1. The van der Waals surface area contributed by atoms with Gasteiger partial charge in [0.25, 0.3) is 0 Å². The van der Waals surface area contributed by atoms with Gasteiger partial charge in [-0.1, -0.05) is 16.8 Å². The van der Waals surface area contributed by atoms with Crippen molar-refractivity contribution in [3.8, 4) is 17.1 Å². The number of rotatable bonds is 2. The molecule has 84 valence electrons. The Morgan fingerprint density at radius 3 is 2.75 bits per heavy atom. The summed E-state index contributed by atoms with van der Waals surface area (Å²) in [5.41, 5.74) is 7.15. The summed E-state index contributed by atoms with van der Waals surface area (Å²) in [6.45, 7) is 1.83. The SMILES string of the molecule is COc1ccc(Cl)cc1-c1onc(N)c1C. The van der Waals surface area contributed by atoms with Gasteiger partial charge in [-0.05, 0) is 25.1 Å². The van der Waals surface area contributed by atoms with Gasteiger partial charge < -0.3 is 15.0 Å². The van der Waals surface area contributed by atoms with E-state index in [0.717, 1.165) is 11.1 Å². The highest BCUT2D eigenvalue weighted by molar-refractivity contribution is 6.30. The fourth-order valence-electron chi connectivity index (χ4n) is 1.46. The Morgan fingerprint density at radius 1 is 1.44 bits per heavy atom. The number of benzene rings is 1. The van der Waals surface area contributed by atoms with Crippen LogP contribution < -0.4 is 10.5 Å². The van der Waals surface area contributed by atoms with E-state index < -0.39 is 0 Å². The molecule has 0 bridgehead atoms. The molecular formula is C11H11ClN2O2. The van der Waals surface area contributed by atoms with E-state index in [1.165, 1.54) is 0 Å². The van der Waals surface area contributed by atoms with E-state index in [-0.39, 0.29) is 0 Å². The average molecular weight is 239 g/mol. The summed E-state index contributed by atoms with van der Waals surface area (Å²) < 4.78 is 10.4. The van der Waals surface area contributed by atoms with Gasteiger partial charge in [-0.15, -0.1) is 0 Å². The molecule has 5 heteroatoms. The molecule has 0 aliphatic carbocycles. The van der Waals surface area contributed by atoms with Crippen LogP contribution in [0, 0.1) is 6.92 Å². The lowest BCUT2D eigenvalue weighted by Gasteiger charge is -2.06. The maximum Gasteiger partial charge on any atom is 0.175 e. The number of aromatic nitrogens is 1. The van der Waals surface area contributed by atoms with Crippen LogP contribution in [0.25, 0.3) is 11.3 Å². The molecule has 0 radical (unpaired) electrons. The molecule has 1 heterocycles. The standard InChI is InChI=1S/C11H11ClN2O2/c1-6-10(16-14-11(6)13)8-5-7(12)3-4-9(8)15-2/h3-5H,1-2H3,(H2,13,14). The van der Waals surface area contributed by atoms with Crippen LogP contribution in [-0.2, 0) is 0 Å². The number of ether oxygens (including phenoxy) is 1. The molecule has 0 unspecified atom stereocenters. The molecule has 0 atom stereocenters. The first-order valence-corrected chi connectivity index (χ1v) is 5.07. The van der Waals surface area contributed by atoms with Crippen molar-refractivity contribution < 1.29 is 9.26 Å². The van der Waals surface area contributed by atoms with Crippen molar-refractivity contribution in [2.75, 3.05) is 12.8 Å². The highest BCUT2D eigenvalue weighted by Crippen LogP contribution is 2.35. The second-order valence-corrected chi connectivity index (χ2v) is 3.80. The van der Waals surface area contributed by atoms with Gasteiger partial charge in [-0.3, -0.25) is 0 Å². The highest BCUT2D eigenvalue weighted by atomic mass is 35.5. The molecule has 1 aromatic carbocycles. The smallest absolute Gasteiger partial charge is 0.175 e. The summed E-state index contributed by atoms with van der Waals surface area (Å²) in [5, 5.41) is 4.30. The van der Waals surface area contributed by atoms with Gasteiger partial charge in [-0.25, -0.2) is 0 Å². The van der Waals surface area contributed by atoms with Gasteiger partial charge in [-0.2, -0.15) is 0 Å². The predicted octanol–water partition coefficient (Wildman–Crippen LogP) is 2.89. The van der Waals surface area contributed by atoms with E-state index in [0.29, 0.717) is 22.4 Å². The van der Waals surface area contributed by atoms with Crippen molar-refractivity contribution >= 4 is 17.4 Å². The van der Waals surface area contributed by atoms with E-state index in [9.17, 15) is 0 Å². The highest BCUT2D eigenvalue weighted by Gasteiger charge is 2.16. The van der Waals surface area contributed by atoms with E-state index in [2.05, 4.69) is 5.16 Å². The lowest BCUT2D eigenvalue weighted by molar-refractivity contribution is 0.406. The lowest BCUT2D eigenvalue weighted by Crippen LogP contribution is -1.89. The second kappa shape index (κ2) is 4.06. The van der Waals surface area contributed by atoms with Crippen molar-refractivity contribution in [2.45, 2.75) is 6.92 Å². The van der Waals surface area contributed by atoms with Gasteiger partial charge in [0.15, 0.2) is 11.6 Å². The topological polar surface area (TPSA) is 61.3 Å². The van der Waals surface area contributed by atoms with Gasteiger partial charge >= 0.3 is 0 Å². The zero-order valence-electron chi connectivity index (χ0n) is 8.95. The number of nitrogen functional groups attached to an aromatic ring is 1. The third kappa shape index (κ3) is 1.72. The summed E-state index contributed by atoms with van der Waals surface area (Å²) in [4.78, 5) is 0. The number of nitrogens with zero attached hydrogens (tertiary/aromatic N) is 1. The Hall–Kier alpha value is -1.68. The van der Waals surface area contributed by atoms with Crippen LogP contribution in [0.3, 0.4) is 0 Å². The molecule has 4 nitrogen and oxygen atoms in total. The quantitative estimate of drug-likeness (QED) is 0.874. The average Bonchev–Trinajstić information content (AvgIpc) is 2.60. The van der Waals surface area contributed by atoms with Crippen LogP contribution in [0.15, 0.2) is 22.7 Å². The normalized spacial score (nSPS) is 10.4. The summed E-state index contributed by atoms with van der Waals surface area (Å²) >= 11 is 5.93. The van der Waals surface area contributed by atoms with Crippen LogP contribution in [0.2, 0.25) is 5.02 Å². The van der Waals surface area contributed by atoms with Gasteiger partial charge in [0.1, 0.15) is 5.75 Å². The number of halogens is 1. The first kappa shape index (κ1) is 10.8. The summed E-state index contributed by atoms with van der Waals surface area (Å²) in [6, 6.07) is 5.28. The number of methoxy groups -OCH3 is 1.